The maximum Gasteiger partial charge on any atom is 0.292 e. The number of nitrogens with zero attached hydrogens (tertiary/aromatic N) is 3. The number of anilines is 1. The molecule has 0 aromatic heterocycles. The highest BCUT2D eigenvalue weighted by Gasteiger charge is 2.25. The molecule has 1 aliphatic heterocycles. The first-order valence-electron chi connectivity index (χ1n) is 8.95. The summed E-state index contributed by atoms with van der Waals surface area (Å²) in [5.41, 5.74) is 1.16. The van der Waals surface area contributed by atoms with Gasteiger partial charge in [-0.25, -0.2) is 0 Å². The van der Waals surface area contributed by atoms with Crippen LogP contribution in [-0.4, -0.2) is 54.3 Å². The van der Waals surface area contributed by atoms with E-state index in [0.29, 0.717) is 43.2 Å². The van der Waals surface area contributed by atoms with Crippen LogP contribution in [0.25, 0.3) is 0 Å². The van der Waals surface area contributed by atoms with Gasteiger partial charge in [-0.05, 0) is 25.1 Å². The van der Waals surface area contributed by atoms with Crippen LogP contribution in [0.15, 0.2) is 48.5 Å². The number of Topliss-reactive ketones (excluding diaryl/α,β-unsaturated/α-hetero) is 1. The summed E-state index contributed by atoms with van der Waals surface area (Å²) in [6.45, 7) is 3.30. The molecule has 1 amide bonds. The van der Waals surface area contributed by atoms with E-state index in [9.17, 15) is 19.7 Å². The quantitative estimate of drug-likeness (QED) is 0.432. The molecule has 1 saturated heterocycles. The summed E-state index contributed by atoms with van der Waals surface area (Å²) in [5.74, 6) is 0.248. The topological polar surface area (TPSA) is 93.0 Å². The molecular weight excluding hydrogens is 362 g/mol. The predicted molar refractivity (Wildman–Crippen MR) is 104 cm³/mol. The van der Waals surface area contributed by atoms with Gasteiger partial charge in [0.15, 0.2) is 12.4 Å². The Kier molecular flexibility index (Phi) is 5.88. The maximum atomic E-state index is 12.4. The zero-order valence-corrected chi connectivity index (χ0v) is 15.5. The van der Waals surface area contributed by atoms with Crippen LogP contribution in [0.1, 0.15) is 17.3 Å². The molecule has 0 N–H and O–H groups in total. The molecule has 146 valence electrons. The molecule has 0 saturated carbocycles. The van der Waals surface area contributed by atoms with Crippen LogP contribution in [0.5, 0.6) is 5.75 Å². The first kappa shape index (κ1) is 19.3. The van der Waals surface area contributed by atoms with Crippen molar-refractivity contribution in [2.45, 2.75) is 6.92 Å². The van der Waals surface area contributed by atoms with Crippen LogP contribution in [0.2, 0.25) is 0 Å². The monoisotopic (exact) mass is 383 g/mol. The van der Waals surface area contributed by atoms with Crippen molar-refractivity contribution in [2.24, 2.45) is 0 Å². The van der Waals surface area contributed by atoms with E-state index in [4.69, 9.17) is 4.74 Å². The Morgan fingerprint density at radius 3 is 2.46 bits per heavy atom. The molecule has 28 heavy (non-hydrogen) atoms. The number of benzene rings is 2. The lowest BCUT2D eigenvalue weighted by molar-refractivity contribution is -0.384. The van der Waals surface area contributed by atoms with E-state index in [0.717, 1.165) is 0 Å². The SMILES string of the molecule is CC(=O)c1cccc(OCC(=O)N2CCN(c3ccccc3[N+](=O)[O-])CC2)c1. The highest BCUT2D eigenvalue weighted by molar-refractivity contribution is 5.94. The fourth-order valence-corrected chi connectivity index (χ4v) is 3.12. The van der Waals surface area contributed by atoms with Crippen molar-refractivity contribution >= 4 is 23.1 Å². The number of nitro groups is 1. The van der Waals surface area contributed by atoms with Crippen molar-refractivity contribution < 1.29 is 19.2 Å². The van der Waals surface area contributed by atoms with Crippen molar-refractivity contribution in [3.05, 3.63) is 64.2 Å². The van der Waals surface area contributed by atoms with Gasteiger partial charge in [-0.1, -0.05) is 24.3 Å². The molecule has 2 aromatic carbocycles. The molecule has 2 aromatic rings. The average molecular weight is 383 g/mol. The van der Waals surface area contributed by atoms with Gasteiger partial charge in [-0.2, -0.15) is 0 Å². The number of nitro benzene ring substituents is 1. The number of carbonyl (C=O) groups excluding carboxylic acids is 2. The van der Waals surface area contributed by atoms with Crippen LogP contribution in [0.4, 0.5) is 11.4 Å². The average Bonchev–Trinajstić information content (AvgIpc) is 2.72. The van der Waals surface area contributed by atoms with E-state index in [2.05, 4.69) is 0 Å². The minimum atomic E-state index is -0.393. The van der Waals surface area contributed by atoms with Gasteiger partial charge in [-0.3, -0.25) is 19.7 Å². The highest BCUT2D eigenvalue weighted by Crippen LogP contribution is 2.28. The van der Waals surface area contributed by atoms with E-state index in [-0.39, 0.29) is 24.0 Å². The molecule has 8 heteroatoms. The molecular formula is C20H21N3O5. The molecule has 0 unspecified atom stereocenters. The summed E-state index contributed by atoms with van der Waals surface area (Å²) in [4.78, 5) is 38.2. The van der Waals surface area contributed by atoms with Crippen molar-refractivity contribution in [1.82, 2.24) is 4.90 Å². The normalized spacial score (nSPS) is 13.9. The smallest absolute Gasteiger partial charge is 0.292 e. The summed E-state index contributed by atoms with van der Waals surface area (Å²) < 4.78 is 5.53. The molecule has 1 heterocycles. The molecule has 1 aliphatic rings. The number of para-hydroxylation sites is 2. The van der Waals surface area contributed by atoms with Gasteiger partial charge in [-0.15, -0.1) is 0 Å². The number of hydrogen-bond donors (Lipinski definition) is 0. The lowest BCUT2D eigenvalue weighted by atomic mass is 10.1. The zero-order valence-electron chi connectivity index (χ0n) is 15.5. The second-order valence-electron chi connectivity index (χ2n) is 6.49. The highest BCUT2D eigenvalue weighted by atomic mass is 16.6. The first-order chi connectivity index (χ1) is 13.5. The Labute approximate surface area is 162 Å². The molecule has 0 spiro atoms. The Morgan fingerprint density at radius 1 is 1.07 bits per heavy atom. The minimum absolute atomic E-state index is 0.0657. The summed E-state index contributed by atoms with van der Waals surface area (Å²) >= 11 is 0. The Balaban J connectivity index is 1.55. The van der Waals surface area contributed by atoms with Crippen molar-refractivity contribution in [2.75, 3.05) is 37.7 Å². The van der Waals surface area contributed by atoms with Crippen molar-refractivity contribution in [1.29, 1.82) is 0 Å². The number of carbonyl (C=O) groups is 2. The van der Waals surface area contributed by atoms with Crippen LogP contribution in [0, 0.1) is 10.1 Å². The number of ether oxygens (including phenoxy) is 1. The summed E-state index contributed by atoms with van der Waals surface area (Å²) in [5, 5.41) is 11.2. The molecule has 0 atom stereocenters. The van der Waals surface area contributed by atoms with E-state index >= 15 is 0 Å². The number of rotatable bonds is 6. The second-order valence-corrected chi connectivity index (χ2v) is 6.49. The second kappa shape index (κ2) is 8.51. The Hall–Kier alpha value is -3.42. The van der Waals surface area contributed by atoms with Gasteiger partial charge in [0.05, 0.1) is 4.92 Å². The van der Waals surface area contributed by atoms with Gasteiger partial charge in [0.25, 0.3) is 11.6 Å². The number of amides is 1. The number of ketones is 1. The maximum absolute atomic E-state index is 12.4. The van der Waals surface area contributed by atoms with Crippen LogP contribution >= 0.6 is 0 Å². The molecule has 3 rings (SSSR count). The van der Waals surface area contributed by atoms with Gasteiger partial charge < -0.3 is 14.5 Å². The molecule has 8 nitrogen and oxygen atoms in total. The van der Waals surface area contributed by atoms with Gasteiger partial charge >= 0.3 is 0 Å². The number of piperazine rings is 1. The van der Waals surface area contributed by atoms with E-state index in [1.54, 1.807) is 47.4 Å². The van der Waals surface area contributed by atoms with Crippen LogP contribution in [0.3, 0.4) is 0 Å². The fourth-order valence-electron chi connectivity index (χ4n) is 3.12. The lowest BCUT2D eigenvalue weighted by Crippen LogP contribution is -2.50. The largest absolute Gasteiger partial charge is 0.484 e. The lowest BCUT2D eigenvalue weighted by Gasteiger charge is -2.35. The fraction of sp³-hybridized carbons (Fsp3) is 0.300. The third kappa shape index (κ3) is 4.46. The zero-order chi connectivity index (χ0) is 20.1. The van der Waals surface area contributed by atoms with E-state index in [1.165, 1.54) is 13.0 Å². The first-order valence-corrected chi connectivity index (χ1v) is 8.95. The number of hydrogen-bond acceptors (Lipinski definition) is 6. The van der Waals surface area contributed by atoms with Crippen LogP contribution < -0.4 is 9.64 Å². The predicted octanol–water partition coefficient (Wildman–Crippen LogP) is 2.53. The standard InChI is InChI=1S/C20H21N3O5/c1-15(24)16-5-4-6-17(13-16)28-14-20(25)22-11-9-21(10-12-22)18-7-2-3-8-19(18)23(26)27/h2-8,13H,9-12,14H2,1H3. The minimum Gasteiger partial charge on any atom is -0.484 e. The Bertz CT molecular complexity index is 891. The third-order valence-corrected chi connectivity index (χ3v) is 4.65. The van der Waals surface area contributed by atoms with Gasteiger partial charge in [0.2, 0.25) is 0 Å². The van der Waals surface area contributed by atoms with Crippen molar-refractivity contribution in [3.63, 3.8) is 0 Å². The van der Waals surface area contributed by atoms with Crippen molar-refractivity contribution in [3.8, 4) is 5.75 Å². The van der Waals surface area contributed by atoms with Gasteiger partial charge in [0, 0.05) is 37.8 Å². The Morgan fingerprint density at radius 2 is 1.79 bits per heavy atom. The molecule has 0 radical (unpaired) electrons. The van der Waals surface area contributed by atoms with E-state index < -0.39 is 4.92 Å². The molecule has 0 bridgehead atoms. The summed E-state index contributed by atoms with van der Waals surface area (Å²) in [6.07, 6.45) is 0. The molecule has 1 fully saturated rings. The van der Waals surface area contributed by atoms with Crippen LogP contribution in [-0.2, 0) is 4.79 Å². The van der Waals surface area contributed by atoms with E-state index in [1.807, 2.05) is 4.90 Å². The summed E-state index contributed by atoms with van der Waals surface area (Å²) in [6, 6.07) is 13.3. The molecule has 0 aliphatic carbocycles. The third-order valence-electron chi connectivity index (χ3n) is 4.65. The van der Waals surface area contributed by atoms with Gasteiger partial charge in [0.1, 0.15) is 11.4 Å². The summed E-state index contributed by atoms with van der Waals surface area (Å²) in [7, 11) is 0.